The van der Waals surface area contributed by atoms with E-state index in [1.165, 1.54) is 5.56 Å². The fourth-order valence-electron chi connectivity index (χ4n) is 4.66. The van der Waals surface area contributed by atoms with E-state index in [0.717, 1.165) is 65.1 Å². The molecule has 2 aliphatic rings. The summed E-state index contributed by atoms with van der Waals surface area (Å²) in [5.74, 6) is 2.58. The molecule has 9 heteroatoms. The second-order valence-corrected chi connectivity index (χ2v) is 8.86. The van der Waals surface area contributed by atoms with Crippen molar-refractivity contribution in [3.63, 3.8) is 0 Å². The Morgan fingerprint density at radius 2 is 1.77 bits per heavy atom. The highest BCUT2D eigenvalue weighted by Gasteiger charge is 2.24. The van der Waals surface area contributed by atoms with Gasteiger partial charge < -0.3 is 14.2 Å². The van der Waals surface area contributed by atoms with Crippen LogP contribution in [0, 0.1) is 6.92 Å². The van der Waals surface area contributed by atoms with Crippen LogP contribution in [0.4, 0.5) is 11.5 Å². The SMILES string of the molecule is Cc1cccc(C2=NCCN(c3cc(N4CCOCC4)c4nc(-c5ccncc5)n(C)c4n3)N2)c1. The van der Waals surface area contributed by atoms with E-state index < -0.39 is 0 Å². The summed E-state index contributed by atoms with van der Waals surface area (Å²) in [5.41, 5.74) is 9.62. The van der Waals surface area contributed by atoms with Gasteiger partial charge in [-0.05, 0) is 25.1 Å². The number of rotatable bonds is 4. The van der Waals surface area contributed by atoms with E-state index in [0.29, 0.717) is 19.8 Å². The Morgan fingerprint density at radius 1 is 0.943 bits per heavy atom. The van der Waals surface area contributed by atoms with E-state index in [9.17, 15) is 0 Å². The number of pyridine rings is 2. The molecule has 0 spiro atoms. The number of ether oxygens (including phenoxy) is 1. The van der Waals surface area contributed by atoms with Crippen LogP contribution in [0.15, 0.2) is 59.9 Å². The standard InChI is InChI=1S/C26H28N8O/c1-18-4-3-5-20(16-18)24-28-10-11-34(31-24)22-17-21(33-12-14-35-15-13-33)23-26(29-22)32(2)25(30-23)19-6-8-27-9-7-19/h3-9,16-17H,10-15H2,1-2H3,(H,28,31). The predicted octanol–water partition coefficient (Wildman–Crippen LogP) is 2.95. The summed E-state index contributed by atoms with van der Waals surface area (Å²) in [5, 5.41) is 2.09. The normalized spacial score (nSPS) is 16.3. The minimum absolute atomic E-state index is 0.691. The van der Waals surface area contributed by atoms with Crippen molar-refractivity contribution < 1.29 is 4.74 Å². The lowest BCUT2D eigenvalue weighted by Crippen LogP contribution is -2.48. The van der Waals surface area contributed by atoms with Gasteiger partial charge in [-0.1, -0.05) is 23.8 Å². The number of amidine groups is 1. The van der Waals surface area contributed by atoms with Gasteiger partial charge in [0.2, 0.25) is 0 Å². The van der Waals surface area contributed by atoms with Gasteiger partial charge in [0.05, 0.1) is 32.0 Å². The maximum absolute atomic E-state index is 5.62. The quantitative estimate of drug-likeness (QED) is 0.493. The number of aliphatic imine (C=N–C) groups is 1. The van der Waals surface area contributed by atoms with Crippen LogP contribution in [0.5, 0.6) is 0 Å². The average molecular weight is 469 g/mol. The molecule has 5 heterocycles. The smallest absolute Gasteiger partial charge is 0.164 e. The maximum atomic E-state index is 5.62. The monoisotopic (exact) mass is 468 g/mol. The van der Waals surface area contributed by atoms with Crippen LogP contribution in [-0.4, -0.2) is 64.7 Å². The van der Waals surface area contributed by atoms with Crippen molar-refractivity contribution in [2.45, 2.75) is 6.92 Å². The topological polar surface area (TPSA) is 83.7 Å². The van der Waals surface area contributed by atoms with Gasteiger partial charge in [-0.2, -0.15) is 0 Å². The number of benzene rings is 1. The summed E-state index contributed by atoms with van der Waals surface area (Å²) < 4.78 is 7.69. The summed E-state index contributed by atoms with van der Waals surface area (Å²) in [6.45, 7) is 6.57. The zero-order valence-electron chi connectivity index (χ0n) is 20.0. The molecule has 0 aliphatic carbocycles. The van der Waals surface area contributed by atoms with E-state index in [1.807, 2.05) is 19.2 Å². The average Bonchev–Trinajstić information content (AvgIpc) is 3.25. The molecular formula is C26H28N8O. The second kappa shape index (κ2) is 8.99. The highest BCUT2D eigenvalue weighted by atomic mass is 16.5. The van der Waals surface area contributed by atoms with Gasteiger partial charge >= 0.3 is 0 Å². The summed E-state index contributed by atoms with van der Waals surface area (Å²) >= 11 is 0. The first kappa shape index (κ1) is 21.5. The van der Waals surface area contributed by atoms with Crippen molar-refractivity contribution in [1.29, 1.82) is 0 Å². The number of imidazole rings is 1. The molecule has 0 amide bonds. The number of fused-ring (bicyclic) bond motifs is 1. The molecule has 2 aliphatic heterocycles. The molecule has 1 aromatic carbocycles. The fourth-order valence-corrected chi connectivity index (χ4v) is 4.66. The summed E-state index contributed by atoms with van der Waals surface area (Å²) in [7, 11) is 2.02. The van der Waals surface area contributed by atoms with Crippen LogP contribution in [0.3, 0.4) is 0 Å². The van der Waals surface area contributed by atoms with Crippen LogP contribution in [0.2, 0.25) is 0 Å². The Labute approximate surface area is 204 Å². The first-order valence-electron chi connectivity index (χ1n) is 11.9. The number of nitrogens with zero attached hydrogens (tertiary/aromatic N) is 7. The number of nitrogens with one attached hydrogen (secondary N) is 1. The Hall–Kier alpha value is -3.98. The number of hydrogen-bond donors (Lipinski definition) is 1. The van der Waals surface area contributed by atoms with Crippen molar-refractivity contribution in [2.24, 2.45) is 12.0 Å². The molecule has 178 valence electrons. The number of aryl methyl sites for hydroxylation is 2. The van der Waals surface area contributed by atoms with Crippen LogP contribution in [-0.2, 0) is 11.8 Å². The Bertz CT molecular complexity index is 1390. The van der Waals surface area contributed by atoms with E-state index in [2.05, 4.69) is 62.1 Å². The number of morpholine rings is 1. The van der Waals surface area contributed by atoms with Gasteiger partial charge in [-0.15, -0.1) is 0 Å². The van der Waals surface area contributed by atoms with Crippen molar-refractivity contribution in [3.05, 3.63) is 66.0 Å². The van der Waals surface area contributed by atoms with Gasteiger partial charge in [0.15, 0.2) is 11.5 Å². The van der Waals surface area contributed by atoms with E-state index >= 15 is 0 Å². The molecular weight excluding hydrogens is 440 g/mol. The molecule has 0 bridgehead atoms. The molecule has 0 atom stereocenters. The molecule has 35 heavy (non-hydrogen) atoms. The largest absolute Gasteiger partial charge is 0.378 e. The number of anilines is 2. The van der Waals surface area contributed by atoms with E-state index in [-0.39, 0.29) is 0 Å². The molecule has 1 N–H and O–H groups in total. The first-order chi connectivity index (χ1) is 17.2. The Balaban J connectivity index is 1.44. The van der Waals surface area contributed by atoms with Gasteiger partial charge in [0.25, 0.3) is 0 Å². The minimum Gasteiger partial charge on any atom is -0.378 e. The van der Waals surface area contributed by atoms with Gasteiger partial charge in [-0.3, -0.25) is 20.4 Å². The highest BCUT2D eigenvalue weighted by molar-refractivity contribution is 6.00. The molecule has 0 saturated carbocycles. The van der Waals surface area contributed by atoms with Crippen LogP contribution in [0.25, 0.3) is 22.6 Å². The maximum Gasteiger partial charge on any atom is 0.164 e. The summed E-state index contributed by atoms with van der Waals surface area (Å²) in [6.07, 6.45) is 3.58. The molecule has 6 rings (SSSR count). The Kier molecular flexibility index (Phi) is 5.54. The highest BCUT2D eigenvalue weighted by Crippen LogP contribution is 2.33. The molecule has 0 radical (unpaired) electrons. The van der Waals surface area contributed by atoms with Gasteiger partial charge in [-0.25, -0.2) is 9.97 Å². The van der Waals surface area contributed by atoms with Crippen molar-refractivity contribution in [3.8, 4) is 11.4 Å². The van der Waals surface area contributed by atoms with Gasteiger partial charge in [0, 0.05) is 49.7 Å². The molecule has 3 aromatic heterocycles. The number of hydrazine groups is 1. The Morgan fingerprint density at radius 3 is 2.57 bits per heavy atom. The number of aromatic nitrogens is 4. The molecule has 4 aromatic rings. The predicted molar refractivity (Wildman–Crippen MR) is 138 cm³/mol. The summed E-state index contributed by atoms with van der Waals surface area (Å²) in [4.78, 5) is 21.4. The second-order valence-electron chi connectivity index (χ2n) is 8.86. The first-order valence-corrected chi connectivity index (χ1v) is 11.9. The zero-order chi connectivity index (χ0) is 23.8. The van der Waals surface area contributed by atoms with Crippen LogP contribution < -0.4 is 15.3 Å². The van der Waals surface area contributed by atoms with Crippen molar-refractivity contribution in [2.75, 3.05) is 49.3 Å². The molecule has 1 saturated heterocycles. The van der Waals surface area contributed by atoms with Crippen LogP contribution in [0.1, 0.15) is 11.1 Å². The lowest BCUT2D eigenvalue weighted by Gasteiger charge is -2.32. The molecule has 1 fully saturated rings. The third-order valence-corrected chi connectivity index (χ3v) is 6.49. The summed E-state index contributed by atoms with van der Waals surface area (Å²) in [6, 6.07) is 14.5. The van der Waals surface area contributed by atoms with E-state index in [1.54, 1.807) is 12.4 Å². The van der Waals surface area contributed by atoms with Crippen LogP contribution >= 0.6 is 0 Å². The lowest BCUT2D eigenvalue weighted by molar-refractivity contribution is 0.123. The van der Waals surface area contributed by atoms with Crippen molar-refractivity contribution in [1.82, 2.24) is 24.9 Å². The molecule has 9 nitrogen and oxygen atoms in total. The fraction of sp³-hybridized carbons (Fsp3) is 0.308. The minimum atomic E-state index is 0.691. The van der Waals surface area contributed by atoms with E-state index in [4.69, 9.17) is 19.7 Å². The van der Waals surface area contributed by atoms with Gasteiger partial charge in [0.1, 0.15) is 17.2 Å². The lowest BCUT2D eigenvalue weighted by atomic mass is 10.1. The van der Waals surface area contributed by atoms with Crippen molar-refractivity contribution >= 4 is 28.5 Å². The zero-order valence-corrected chi connectivity index (χ0v) is 20.0. The third kappa shape index (κ3) is 4.08. The molecule has 0 unspecified atom stereocenters. The number of hydrogen-bond acceptors (Lipinski definition) is 8. The third-order valence-electron chi connectivity index (χ3n) is 6.49.